The molecule has 6 heteroatoms. The second-order valence-corrected chi connectivity index (χ2v) is 7.92. The van der Waals surface area contributed by atoms with Gasteiger partial charge in [-0.1, -0.05) is 42.7 Å². The molecule has 0 unspecified atom stereocenters. The topological polar surface area (TPSA) is 58.6 Å². The standard InChI is InChI=1S/C24H29FN2O3/c1-17-6-5-7-19(14-17)15-27(18(2)24(29)26-21-8-3-4-9-21)23(28)16-30-22-12-10-20(25)11-13-22/h5-7,10-14,18,21H,3-4,8-9,15-16H2,1-2H3,(H,26,29)/t18-/m1/s1. The van der Waals surface area contributed by atoms with Crippen molar-refractivity contribution in [2.75, 3.05) is 6.61 Å². The molecule has 160 valence electrons. The monoisotopic (exact) mass is 412 g/mol. The smallest absolute Gasteiger partial charge is 0.261 e. The van der Waals surface area contributed by atoms with Gasteiger partial charge in [0.15, 0.2) is 6.61 Å². The molecule has 1 N–H and O–H groups in total. The van der Waals surface area contributed by atoms with Gasteiger partial charge in [0.25, 0.3) is 5.91 Å². The molecule has 0 radical (unpaired) electrons. The first-order chi connectivity index (χ1) is 14.4. The molecule has 2 amide bonds. The summed E-state index contributed by atoms with van der Waals surface area (Å²) in [7, 11) is 0. The van der Waals surface area contributed by atoms with E-state index in [2.05, 4.69) is 5.32 Å². The molecule has 0 heterocycles. The Morgan fingerprint density at radius 2 is 1.87 bits per heavy atom. The van der Waals surface area contributed by atoms with Crippen LogP contribution < -0.4 is 10.1 Å². The molecule has 0 saturated heterocycles. The van der Waals surface area contributed by atoms with E-state index in [-0.39, 0.29) is 30.3 Å². The van der Waals surface area contributed by atoms with E-state index in [0.717, 1.165) is 36.8 Å². The van der Waals surface area contributed by atoms with Crippen molar-refractivity contribution in [1.82, 2.24) is 10.2 Å². The molecule has 1 fully saturated rings. The largest absolute Gasteiger partial charge is 0.484 e. The van der Waals surface area contributed by atoms with Gasteiger partial charge in [0, 0.05) is 12.6 Å². The quantitative estimate of drug-likeness (QED) is 0.713. The van der Waals surface area contributed by atoms with Crippen LogP contribution in [0.2, 0.25) is 0 Å². The highest BCUT2D eigenvalue weighted by Crippen LogP contribution is 2.19. The first-order valence-corrected chi connectivity index (χ1v) is 10.5. The number of halogens is 1. The summed E-state index contributed by atoms with van der Waals surface area (Å²) in [5.41, 5.74) is 2.04. The van der Waals surface area contributed by atoms with Crippen LogP contribution in [0.15, 0.2) is 48.5 Å². The number of nitrogens with zero attached hydrogens (tertiary/aromatic N) is 1. The predicted octanol–water partition coefficient (Wildman–Crippen LogP) is 3.99. The lowest BCUT2D eigenvalue weighted by Gasteiger charge is -2.29. The number of ether oxygens (including phenoxy) is 1. The molecule has 1 saturated carbocycles. The van der Waals surface area contributed by atoms with Crippen molar-refractivity contribution in [3.63, 3.8) is 0 Å². The van der Waals surface area contributed by atoms with Crippen LogP contribution in [0.25, 0.3) is 0 Å². The summed E-state index contributed by atoms with van der Waals surface area (Å²) in [5.74, 6) is -0.408. The number of hydrogen-bond donors (Lipinski definition) is 1. The molecule has 1 aliphatic rings. The van der Waals surface area contributed by atoms with Crippen LogP contribution in [-0.4, -0.2) is 35.4 Å². The fourth-order valence-electron chi connectivity index (χ4n) is 3.74. The fourth-order valence-corrected chi connectivity index (χ4v) is 3.74. The number of nitrogens with one attached hydrogen (secondary N) is 1. The highest BCUT2D eigenvalue weighted by Gasteiger charge is 2.28. The average Bonchev–Trinajstić information content (AvgIpc) is 3.24. The average molecular weight is 413 g/mol. The molecule has 0 bridgehead atoms. The van der Waals surface area contributed by atoms with Gasteiger partial charge in [-0.05, 0) is 56.5 Å². The Morgan fingerprint density at radius 3 is 2.53 bits per heavy atom. The molecule has 30 heavy (non-hydrogen) atoms. The molecule has 2 aromatic carbocycles. The Morgan fingerprint density at radius 1 is 1.17 bits per heavy atom. The van der Waals surface area contributed by atoms with Crippen molar-refractivity contribution < 1.29 is 18.7 Å². The number of hydrogen-bond acceptors (Lipinski definition) is 3. The van der Waals surface area contributed by atoms with Crippen molar-refractivity contribution in [2.24, 2.45) is 0 Å². The minimum atomic E-state index is -0.629. The van der Waals surface area contributed by atoms with Crippen LogP contribution in [0, 0.1) is 12.7 Å². The Bertz CT molecular complexity index is 863. The van der Waals surface area contributed by atoms with Gasteiger partial charge >= 0.3 is 0 Å². The number of rotatable bonds is 8. The van der Waals surface area contributed by atoms with Gasteiger partial charge in [0.1, 0.15) is 17.6 Å². The third-order valence-corrected chi connectivity index (χ3v) is 5.48. The highest BCUT2D eigenvalue weighted by molar-refractivity contribution is 5.88. The van der Waals surface area contributed by atoms with Crippen LogP contribution in [0.1, 0.15) is 43.7 Å². The zero-order valence-corrected chi connectivity index (χ0v) is 17.6. The minimum absolute atomic E-state index is 0.148. The van der Waals surface area contributed by atoms with Crippen molar-refractivity contribution in [3.05, 3.63) is 65.5 Å². The second kappa shape index (κ2) is 10.2. The normalized spacial score (nSPS) is 14.9. The van der Waals surface area contributed by atoms with E-state index in [0.29, 0.717) is 12.3 Å². The number of amides is 2. The molecule has 5 nitrogen and oxygen atoms in total. The molecule has 1 atom stereocenters. The van der Waals surface area contributed by atoms with Gasteiger partial charge in [-0.25, -0.2) is 4.39 Å². The van der Waals surface area contributed by atoms with E-state index in [1.807, 2.05) is 31.2 Å². The summed E-state index contributed by atoms with van der Waals surface area (Å²) >= 11 is 0. The lowest BCUT2D eigenvalue weighted by molar-refractivity contribution is -0.142. The zero-order chi connectivity index (χ0) is 21.5. The van der Waals surface area contributed by atoms with Crippen LogP contribution >= 0.6 is 0 Å². The van der Waals surface area contributed by atoms with E-state index in [1.54, 1.807) is 11.8 Å². The van der Waals surface area contributed by atoms with Gasteiger partial charge < -0.3 is 15.0 Å². The van der Waals surface area contributed by atoms with E-state index in [9.17, 15) is 14.0 Å². The Kier molecular flexibility index (Phi) is 7.44. The zero-order valence-electron chi connectivity index (χ0n) is 17.6. The van der Waals surface area contributed by atoms with Crippen LogP contribution in [0.3, 0.4) is 0 Å². The first-order valence-electron chi connectivity index (χ1n) is 10.5. The van der Waals surface area contributed by atoms with E-state index >= 15 is 0 Å². The third-order valence-electron chi connectivity index (χ3n) is 5.48. The number of aryl methyl sites for hydroxylation is 1. The van der Waals surface area contributed by atoms with Crippen LogP contribution in [0.5, 0.6) is 5.75 Å². The molecule has 2 aromatic rings. The third kappa shape index (κ3) is 6.05. The Hall–Kier alpha value is -2.89. The lowest BCUT2D eigenvalue weighted by atomic mass is 10.1. The second-order valence-electron chi connectivity index (χ2n) is 7.92. The maximum atomic E-state index is 13.1. The highest BCUT2D eigenvalue weighted by atomic mass is 19.1. The molecule has 0 aromatic heterocycles. The Labute approximate surface area is 177 Å². The van der Waals surface area contributed by atoms with Gasteiger partial charge in [-0.2, -0.15) is 0 Å². The van der Waals surface area contributed by atoms with Gasteiger partial charge in [0.2, 0.25) is 5.91 Å². The van der Waals surface area contributed by atoms with Gasteiger partial charge in [0.05, 0.1) is 0 Å². The summed E-state index contributed by atoms with van der Waals surface area (Å²) in [4.78, 5) is 27.4. The number of benzene rings is 2. The number of carbonyl (C=O) groups excluding carboxylic acids is 2. The summed E-state index contributed by atoms with van der Waals surface area (Å²) in [6, 6.07) is 12.9. The predicted molar refractivity (Wildman–Crippen MR) is 113 cm³/mol. The van der Waals surface area contributed by atoms with E-state index in [1.165, 1.54) is 24.3 Å². The summed E-state index contributed by atoms with van der Waals surface area (Å²) < 4.78 is 18.6. The van der Waals surface area contributed by atoms with Crippen molar-refractivity contribution >= 4 is 11.8 Å². The van der Waals surface area contributed by atoms with Crippen molar-refractivity contribution in [1.29, 1.82) is 0 Å². The molecule has 0 spiro atoms. The lowest BCUT2D eigenvalue weighted by Crippen LogP contribution is -2.50. The van der Waals surface area contributed by atoms with Crippen LogP contribution in [0.4, 0.5) is 4.39 Å². The first kappa shape index (κ1) is 21.8. The molecular weight excluding hydrogens is 383 g/mol. The maximum Gasteiger partial charge on any atom is 0.261 e. The summed E-state index contributed by atoms with van der Waals surface area (Å²) in [6.45, 7) is 3.82. The summed E-state index contributed by atoms with van der Waals surface area (Å²) in [5, 5.41) is 3.08. The maximum absolute atomic E-state index is 13.1. The molecule has 1 aliphatic carbocycles. The van der Waals surface area contributed by atoms with E-state index in [4.69, 9.17) is 4.74 Å². The van der Waals surface area contributed by atoms with Crippen molar-refractivity contribution in [3.8, 4) is 5.75 Å². The van der Waals surface area contributed by atoms with E-state index < -0.39 is 6.04 Å². The summed E-state index contributed by atoms with van der Waals surface area (Å²) in [6.07, 6.45) is 4.21. The fraction of sp³-hybridized carbons (Fsp3) is 0.417. The Balaban J connectivity index is 1.70. The van der Waals surface area contributed by atoms with Crippen LogP contribution in [-0.2, 0) is 16.1 Å². The SMILES string of the molecule is Cc1cccc(CN(C(=O)COc2ccc(F)cc2)[C@H](C)C(=O)NC2CCCC2)c1. The van der Waals surface area contributed by atoms with Gasteiger partial charge in [-0.3, -0.25) is 9.59 Å². The van der Waals surface area contributed by atoms with Gasteiger partial charge in [-0.15, -0.1) is 0 Å². The molecule has 0 aliphatic heterocycles. The van der Waals surface area contributed by atoms with Crippen molar-refractivity contribution in [2.45, 2.75) is 58.2 Å². The molecule has 3 rings (SSSR count). The number of carbonyl (C=O) groups is 2. The molecular formula is C24H29FN2O3. The minimum Gasteiger partial charge on any atom is -0.484 e.